The molecule has 0 radical (unpaired) electrons. The average Bonchev–Trinajstić information content (AvgIpc) is 2.79. The van der Waals surface area contributed by atoms with Crippen LogP contribution in [0.25, 0.3) is 0 Å². The van der Waals surface area contributed by atoms with Crippen molar-refractivity contribution in [1.29, 1.82) is 0 Å². The number of rotatable bonds is 0. The summed E-state index contributed by atoms with van der Waals surface area (Å²) >= 11 is 24.3. The van der Waals surface area contributed by atoms with E-state index in [1.807, 2.05) is 0 Å². The van der Waals surface area contributed by atoms with Gasteiger partial charge in [0, 0.05) is 0 Å². The van der Waals surface area contributed by atoms with Gasteiger partial charge in [0.15, 0.2) is 11.6 Å². The third kappa shape index (κ3) is 1.08. The van der Waals surface area contributed by atoms with Crippen LogP contribution in [0.1, 0.15) is 19.3 Å². The third-order valence-electron chi connectivity index (χ3n) is 4.32. The van der Waals surface area contributed by atoms with Crippen molar-refractivity contribution >= 4 is 58.0 Å². The minimum absolute atomic E-state index is 0.0587. The van der Waals surface area contributed by atoms with E-state index < -0.39 is 21.3 Å². The topological polar surface area (TPSA) is 34.1 Å². The molecular formula is C11H8Cl4O2. The summed E-state index contributed by atoms with van der Waals surface area (Å²) in [6.45, 7) is 0. The molecule has 6 heteroatoms. The molecule has 2 nitrogen and oxygen atoms in total. The number of carbonyl (C=O) groups is 2. The molecule has 3 aliphatic rings. The molecule has 2 saturated carbocycles. The quantitative estimate of drug-likeness (QED) is 0.644. The summed E-state index contributed by atoms with van der Waals surface area (Å²) in [6.07, 6.45) is 2.54. The molecule has 0 bridgehead atoms. The summed E-state index contributed by atoms with van der Waals surface area (Å²) in [6, 6.07) is 0. The second-order valence-corrected chi connectivity index (χ2v) is 6.80. The first-order valence-electron chi connectivity index (χ1n) is 5.39. The van der Waals surface area contributed by atoms with Crippen LogP contribution in [0.15, 0.2) is 10.1 Å². The van der Waals surface area contributed by atoms with Crippen molar-refractivity contribution in [3.8, 4) is 0 Å². The smallest absolute Gasteiger partial charge is 0.199 e. The summed E-state index contributed by atoms with van der Waals surface area (Å²) < 4.78 is 0. The molecule has 92 valence electrons. The molecule has 0 heterocycles. The molecule has 4 atom stereocenters. The van der Waals surface area contributed by atoms with Gasteiger partial charge in [-0.05, 0) is 24.7 Å². The summed E-state index contributed by atoms with van der Waals surface area (Å²) in [5.41, 5.74) is 0. The minimum Gasteiger partial charge on any atom is -0.291 e. The Labute approximate surface area is 118 Å². The van der Waals surface area contributed by atoms with Crippen LogP contribution in [0, 0.1) is 11.8 Å². The predicted octanol–water partition coefficient (Wildman–Crippen LogP) is 3.21. The van der Waals surface area contributed by atoms with Crippen molar-refractivity contribution in [2.45, 2.75) is 29.0 Å². The number of hydrogen-bond acceptors (Lipinski definition) is 2. The number of ketones is 2. The normalized spacial score (nSPS) is 48.9. The molecule has 2 unspecified atom stereocenters. The Hall–Kier alpha value is 0.240. The van der Waals surface area contributed by atoms with Crippen LogP contribution in [0.4, 0.5) is 0 Å². The number of hydrogen-bond donors (Lipinski definition) is 0. The number of alkyl halides is 2. The van der Waals surface area contributed by atoms with Gasteiger partial charge in [0.2, 0.25) is 0 Å². The molecule has 0 saturated heterocycles. The lowest BCUT2D eigenvalue weighted by molar-refractivity contribution is -0.138. The molecule has 0 spiro atoms. The fraction of sp³-hybridized carbons (Fsp3) is 0.636. The standard InChI is InChI=1S/C11H8Cl4O2/c12-6-7(13)9(17)11(15)5-3-1-2-4(5)10(11,14)8(6)16/h4-5H,1-3H2/t4-,5+,10?,11?. The van der Waals surface area contributed by atoms with E-state index in [9.17, 15) is 9.59 Å². The lowest BCUT2D eigenvalue weighted by Crippen LogP contribution is -2.76. The van der Waals surface area contributed by atoms with Gasteiger partial charge >= 0.3 is 0 Å². The van der Waals surface area contributed by atoms with Gasteiger partial charge in [-0.15, -0.1) is 23.2 Å². The Morgan fingerprint density at radius 2 is 1.24 bits per heavy atom. The van der Waals surface area contributed by atoms with Crippen LogP contribution >= 0.6 is 46.4 Å². The highest BCUT2D eigenvalue weighted by molar-refractivity contribution is 6.67. The number of allylic oxidation sites excluding steroid dienone is 2. The van der Waals surface area contributed by atoms with Gasteiger partial charge < -0.3 is 0 Å². The average molecular weight is 314 g/mol. The first-order valence-corrected chi connectivity index (χ1v) is 6.90. The van der Waals surface area contributed by atoms with Gasteiger partial charge in [0.05, 0.1) is 0 Å². The van der Waals surface area contributed by atoms with Crippen molar-refractivity contribution < 1.29 is 9.59 Å². The van der Waals surface area contributed by atoms with Crippen LogP contribution in [0.3, 0.4) is 0 Å². The molecule has 3 aliphatic carbocycles. The Bertz CT molecular complexity index is 444. The van der Waals surface area contributed by atoms with Gasteiger partial charge in [-0.25, -0.2) is 0 Å². The zero-order valence-corrected chi connectivity index (χ0v) is 11.6. The van der Waals surface area contributed by atoms with E-state index in [0.29, 0.717) is 0 Å². The van der Waals surface area contributed by atoms with Crippen molar-refractivity contribution in [2.75, 3.05) is 0 Å². The summed E-state index contributed by atoms with van der Waals surface area (Å²) in [7, 11) is 0. The van der Waals surface area contributed by atoms with E-state index in [2.05, 4.69) is 0 Å². The van der Waals surface area contributed by atoms with E-state index in [4.69, 9.17) is 46.4 Å². The van der Waals surface area contributed by atoms with Gasteiger partial charge in [-0.2, -0.15) is 0 Å². The van der Waals surface area contributed by atoms with Gasteiger partial charge in [-0.1, -0.05) is 29.6 Å². The van der Waals surface area contributed by atoms with Crippen LogP contribution < -0.4 is 0 Å². The molecule has 0 aromatic carbocycles. The number of halogens is 4. The van der Waals surface area contributed by atoms with Crippen LogP contribution in [0.5, 0.6) is 0 Å². The van der Waals surface area contributed by atoms with Crippen molar-refractivity contribution in [2.24, 2.45) is 11.8 Å². The Balaban J connectivity index is 2.22. The Kier molecular flexibility index (Phi) is 2.47. The number of carbonyl (C=O) groups excluding carboxylic acids is 2. The zero-order chi connectivity index (χ0) is 12.6. The predicted molar refractivity (Wildman–Crippen MR) is 66.7 cm³/mol. The maximum absolute atomic E-state index is 12.2. The molecule has 0 aliphatic heterocycles. The number of Topliss-reactive ketones (excluding diaryl/α,β-unsaturated/α-hetero) is 2. The van der Waals surface area contributed by atoms with E-state index in [1.54, 1.807) is 0 Å². The van der Waals surface area contributed by atoms with Crippen LogP contribution in [0.2, 0.25) is 0 Å². The zero-order valence-electron chi connectivity index (χ0n) is 8.60. The summed E-state index contributed by atoms with van der Waals surface area (Å²) in [5, 5.41) is -0.540. The molecule has 0 aromatic heterocycles. The molecule has 3 rings (SSSR count). The second kappa shape index (κ2) is 3.41. The molecule has 0 amide bonds. The van der Waals surface area contributed by atoms with Gasteiger partial charge in [0.25, 0.3) is 0 Å². The molecule has 2 fully saturated rings. The maximum atomic E-state index is 12.2. The molecule has 0 aromatic rings. The highest BCUT2D eigenvalue weighted by Gasteiger charge is 2.80. The van der Waals surface area contributed by atoms with Crippen molar-refractivity contribution in [3.63, 3.8) is 0 Å². The van der Waals surface area contributed by atoms with Crippen molar-refractivity contribution in [3.05, 3.63) is 10.1 Å². The number of fused-ring (bicyclic) bond motifs is 4. The lowest BCUT2D eigenvalue weighted by Gasteiger charge is -2.60. The SMILES string of the molecule is O=C1C(Cl)=C(Cl)C(=O)C2(Cl)[C@H]3CCC[C@H]3C12Cl. The van der Waals surface area contributed by atoms with E-state index in [0.717, 1.165) is 19.3 Å². The summed E-state index contributed by atoms with van der Waals surface area (Å²) in [4.78, 5) is 21.6. The monoisotopic (exact) mass is 312 g/mol. The Morgan fingerprint density at radius 3 is 1.59 bits per heavy atom. The van der Waals surface area contributed by atoms with Gasteiger partial charge in [-0.3, -0.25) is 9.59 Å². The highest BCUT2D eigenvalue weighted by atomic mass is 35.5. The second-order valence-electron chi connectivity index (χ2n) is 4.85. The maximum Gasteiger partial charge on any atom is 0.199 e. The molecule has 17 heavy (non-hydrogen) atoms. The fourth-order valence-corrected chi connectivity index (χ4v) is 5.27. The van der Waals surface area contributed by atoms with E-state index in [1.165, 1.54) is 0 Å². The first-order chi connectivity index (χ1) is 7.86. The van der Waals surface area contributed by atoms with E-state index >= 15 is 0 Å². The van der Waals surface area contributed by atoms with E-state index in [-0.39, 0.29) is 21.9 Å². The third-order valence-corrected chi connectivity index (χ3v) is 6.73. The van der Waals surface area contributed by atoms with Gasteiger partial charge in [0.1, 0.15) is 19.8 Å². The summed E-state index contributed by atoms with van der Waals surface area (Å²) in [5.74, 6) is -1.11. The molecule has 0 N–H and O–H groups in total. The first kappa shape index (κ1) is 12.3. The lowest BCUT2D eigenvalue weighted by atomic mass is 9.52. The van der Waals surface area contributed by atoms with Crippen molar-refractivity contribution in [1.82, 2.24) is 0 Å². The largest absolute Gasteiger partial charge is 0.291 e. The fourth-order valence-electron chi connectivity index (χ4n) is 3.54. The minimum atomic E-state index is -1.39. The van der Waals surface area contributed by atoms with Crippen LogP contribution in [-0.4, -0.2) is 21.3 Å². The van der Waals surface area contributed by atoms with Crippen LogP contribution in [-0.2, 0) is 9.59 Å². The molecular weight excluding hydrogens is 306 g/mol. The Morgan fingerprint density at radius 1 is 0.882 bits per heavy atom. The highest BCUT2D eigenvalue weighted by Crippen LogP contribution is 2.69.